The van der Waals surface area contributed by atoms with Crippen molar-refractivity contribution >= 4 is 91.3 Å². The van der Waals surface area contributed by atoms with Gasteiger partial charge in [-0.25, -0.2) is 0 Å². The molecule has 0 aliphatic rings. The molecule has 2 nitrogen and oxygen atoms in total. The molecule has 10 aromatic rings. The smallest absolute Gasteiger partial charge is 0.0714 e. The van der Waals surface area contributed by atoms with Gasteiger partial charge in [0.1, 0.15) is 0 Å². The number of thiophene rings is 1. The summed E-state index contributed by atoms with van der Waals surface area (Å²) >= 11 is 1.91. The van der Waals surface area contributed by atoms with Gasteiger partial charge in [0, 0.05) is 65.1 Å². The maximum atomic E-state index is 2.47. The van der Waals surface area contributed by atoms with Gasteiger partial charge >= 0.3 is 0 Å². The average Bonchev–Trinajstić information content (AvgIpc) is 3.71. The minimum Gasteiger partial charge on any atom is -0.313 e. The minimum atomic E-state index is 1.18. The van der Waals surface area contributed by atoms with Gasteiger partial charge in [-0.1, -0.05) is 97.1 Å². The Bertz CT molecular complexity index is 2690. The van der Waals surface area contributed by atoms with Crippen LogP contribution in [0.2, 0.25) is 0 Å². The largest absolute Gasteiger partial charge is 0.313 e. The summed E-state index contributed by atoms with van der Waals surface area (Å²) in [5, 5.41) is 11.8. The molecule has 0 aliphatic heterocycles. The lowest BCUT2D eigenvalue weighted by atomic mass is 9.97. The molecule has 0 saturated heterocycles. The molecule has 4 aromatic heterocycles. The fourth-order valence-corrected chi connectivity index (χ4v) is 8.47. The van der Waals surface area contributed by atoms with Crippen LogP contribution in [-0.4, -0.2) is 8.97 Å². The number of para-hydroxylation sites is 2. The molecule has 6 aromatic carbocycles. The topological polar surface area (TPSA) is 9.34 Å². The Hall–Kier alpha value is -5.12. The number of rotatable bonds is 1. The van der Waals surface area contributed by atoms with Gasteiger partial charge in [-0.05, 0) is 30.3 Å². The fourth-order valence-electron chi connectivity index (χ4n) is 7.22. The van der Waals surface area contributed by atoms with Gasteiger partial charge in [-0.2, -0.15) is 0 Å². The highest BCUT2D eigenvalue weighted by Gasteiger charge is 2.21. The van der Waals surface area contributed by atoms with E-state index in [-0.39, 0.29) is 0 Å². The third-order valence-electron chi connectivity index (χ3n) is 8.86. The summed E-state index contributed by atoms with van der Waals surface area (Å²) in [4.78, 5) is 0. The molecule has 190 valence electrons. The van der Waals surface area contributed by atoms with E-state index in [1.54, 1.807) is 0 Å². The highest BCUT2D eigenvalue weighted by Crippen LogP contribution is 2.46. The summed E-state index contributed by atoms with van der Waals surface area (Å²) in [6.07, 6.45) is 2.34. The molecule has 0 bridgehead atoms. The number of nitrogens with zero attached hydrogens (tertiary/aromatic N) is 2. The Labute approximate surface area is 238 Å². The lowest BCUT2D eigenvalue weighted by molar-refractivity contribution is 1.18. The third-order valence-corrected chi connectivity index (χ3v) is 10.1. The van der Waals surface area contributed by atoms with Gasteiger partial charge in [0.25, 0.3) is 0 Å². The summed E-state index contributed by atoms with van der Waals surface area (Å²) in [5.41, 5.74) is 6.24. The van der Waals surface area contributed by atoms with Gasteiger partial charge in [0.15, 0.2) is 0 Å². The summed E-state index contributed by atoms with van der Waals surface area (Å²) < 4.78 is 7.58. The van der Waals surface area contributed by atoms with Crippen molar-refractivity contribution in [2.45, 2.75) is 0 Å². The van der Waals surface area contributed by atoms with Crippen molar-refractivity contribution in [3.05, 3.63) is 134 Å². The molecular weight excluding hydrogens is 516 g/mol. The van der Waals surface area contributed by atoms with Gasteiger partial charge in [-0.3, -0.25) is 0 Å². The number of hydrogen-bond donors (Lipinski definition) is 0. The summed E-state index contributed by atoms with van der Waals surface area (Å²) in [6, 6.07) is 46.7. The molecule has 0 spiro atoms. The van der Waals surface area contributed by atoms with Crippen molar-refractivity contribution in [1.82, 2.24) is 8.97 Å². The number of fused-ring (bicyclic) bond motifs is 16. The van der Waals surface area contributed by atoms with Crippen molar-refractivity contribution in [1.29, 1.82) is 0 Å². The van der Waals surface area contributed by atoms with E-state index in [9.17, 15) is 0 Å². The van der Waals surface area contributed by atoms with Crippen LogP contribution in [0, 0.1) is 0 Å². The Kier molecular flexibility index (Phi) is 4.10. The average molecular weight is 539 g/mol. The van der Waals surface area contributed by atoms with Gasteiger partial charge < -0.3 is 8.97 Å². The first-order valence-corrected chi connectivity index (χ1v) is 14.9. The molecule has 0 amide bonds. The maximum Gasteiger partial charge on any atom is 0.0714 e. The van der Waals surface area contributed by atoms with E-state index in [0.29, 0.717) is 0 Å². The minimum absolute atomic E-state index is 1.18. The standard InChI is InChI=1S/C38H22N2S/c1-2-11-24(12-3-1)40-31-16-8-6-15-28(31)35-32(40)21-20-29-34(35)30-19-18-27-26-14-7-9-17-33(26)41-38(27)37(30)39-22-23-10-4-5-13-25(23)36(29)39/h1-22H. The molecule has 0 atom stereocenters. The van der Waals surface area contributed by atoms with Crippen molar-refractivity contribution in [3.8, 4) is 5.69 Å². The highest BCUT2D eigenvalue weighted by atomic mass is 32.1. The van der Waals surface area contributed by atoms with Crippen molar-refractivity contribution in [2.75, 3.05) is 0 Å². The molecule has 10 rings (SSSR count). The summed E-state index contributed by atoms with van der Waals surface area (Å²) in [6.45, 7) is 0. The highest BCUT2D eigenvalue weighted by molar-refractivity contribution is 7.26. The Morgan fingerprint density at radius 3 is 2.02 bits per heavy atom. The molecule has 0 radical (unpaired) electrons. The summed E-state index contributed by atoms with van der Waals surface area (Å²) in [7, 11) is 0. The molecular formula is C38H22N2S. The Morgan fingerprint density at radius 2 is 1.12 bits per heavy atom. The van der Waals surface area contributed by atoms with E-state index in [1.807, 2.05) is 11.3 Å². The molecule has 3 heteroatoms. The van der Waals surface area contributed by atoms with E-state index >= 15 is 0 Å². The quantitative estimate of drug-likeness (QED) is 0.184. The SMILES string of the molecule is c1ccc(-n2c3ccccc3c3c4c(ccc32)c2c3ccccc3cn2c2c4ccc3c4ccccc4sc32)cc1. The first-order chi connectivity index (χ1) is 20.4. The van der Waals surface area contributed by atoms with Crippen molar-refractivity contribution in [2.24, 2.45) is 0 Å². The van der Waals surface area contributed by atoms with Gasteiger partial charge in [-0.15, -0.1) is 11.3 Å². The monoisotopic (exact) mass is 538 g/mol. The maximum absolute atomic E-state index is 2.47. The van der Waals surface area contributed by atoms with Crippen molar-refractivity contribution in [3.63, 3.8) is 0 Å². The van der Waals surface area contributed by atoms with Crippen LogP contribution in [0.3, 0.4) is 0 Å². The second-order valence-corrected chi connectivity index (χ2v) is 12.0. The molecule has 0 saturated carbocycles. The van der Waals surface area contributed by atoms with Crippen LogP contribution in [-0.2, 0) is 0 Å². The second-order valence-electron chi connectivity index (χ2n) is 10.9. The number of hydrogen-bond acceptors (Lipinski definition) is 1. The van der Waals surface area contributed by atoms with Crippen LogP contribution in [0.5, 0.6) is 0 Å². The zero-order valence-corrected chi connectivity index (χ0v) is 22.8. The van der Waals surface area contributed by atoms with Crippen LogP contribution in [0.4, 0.5) is 0 Å². The predicted octanol–water partition coefficient (Wildman–Crippen LogP) is 10.9. The zero-order chi connectivity index (χ0) is 26.7. The van der Waals surface area contributed by atoms with E-state index < -0.39 is 0 Å². The number of pyridine rings is 1. The number of benzene rings is 6. The first kappa shape index (κ1) is 21.7. The molecule has 0 N–H and O–H groups in total. The van der Waals surface area contributed by atoms with E-state index in [4.69, 9.17) is 0 Å². The van der Waals surface area contributed by atoms with Gasteiger partial charge in [0.05, 0.1) is 26.8 Å². The normalized spacial score (nSPS) is 12.4. The van der Waals surface area contributed by atoms with E-state index in [0.717, 1.165) is 0 Å². The van der Waals surface area contributed by atoms with Crippen LogP contribution in [0.15, 0.2) is 134 Å². The zero-order valence-electron chi connectivity index (χ0n) is 22.0. The molecule has 0 fully saturated rings. The van der Waals surface area contributed by atoms with Crippen molar-refractivity contribution < 1.29 is 0 Å². The van der Waals surface area contributed by atoms with Crippen LogP contribution >= 0.6 is 11.3 Å². The second kappa shape index (κ2) is 7.75. The molecule has 0 aliphatic carbocycles. The van der Waals surface area contributed by atoms with E-state index in [2.05, 4.69) is 143 Å². The van der Waals surface area contributed by atoms with Crippen LogP contribution in [0.1, 0.15) is 0 Å². The fraction of sp³-hybridized carbons (Fsp3) is 0. The molecule has 41 heavy (non-hydrogen) atoms. The lowest BCUT2D eigenvalue weighted by Gasteiger charge is -2.13. The third kappa shape index (κ3) is 2.71. The molecule has 4 heterocycles. The van der Waals surface area contributed by atoms with E-state index in [1.165, 1.54) is 85.6 Å². The summed E-state index contributed by atoms with van der Waals surface area (Å²) in [5.74, 6) is 0. The Balaban J connectivity index is 1.55. The Morgan fingerprint density at radius 1 is 0.439 bits per heavy atom. The van der Waals surface area contributed by atoms with Crippen LogP contribution < -0.4 is 0 Å². The predicted molar refractivity (Wildman–Crippen MR) is 177 cm³/mol. The van der Waals surface area contributed by atoms with Gasteiger partial charge in [0.2, 0.25) is 0 Å². The lowest BCUT2D eigenvalue weighted by Crippen LogP contribution is -1.94. The number of aromatic nitrogens is 2. The molecule has 0 unspecified atom stereocenters. The van der Waals surface area contributed by atoms with Crippen LogP contribution in [0.25, 0.3) is 85.6 Å². The first-order valence-electron chi connectivity index (χ1n) is 14.0.